The Morgan fingerprint density at radius 1 is 1.32 bits per heavy atom. The molecule has 19 heavy (non-hydrogen) atoms. The lowest BCUT2D eigenvalue weighted by Crippen LogP contribution is -2.10. The van der Waals surface area contributed by atoms with Crippen molar-refractivity contribution < 1.29 is 4.74 Å². The summed E-state index contributed by atoms with van der Waals surface area (Å²) in [7, 11) is 1.73. The molecule has 0 saturated heterocycles. The van der Waals surface area contributed by atoms with Crippen molar-refractivity contribution >= 4 is 34.2 Å². The standard InChI is InChI=1S/C14H14Cl2N2O/c1-19-7-9(8-2-3-8)11-4-5-12-14(18-11)10(15)6-13(16)17-12/h4-6,8-9H,2-3,7H2,1H3. The average Bonchev–Trinajstić information content (AvgIpc) is 3.20. The van der Waals surface area contributed by atoms with Gasteiger partial charge in [-0.05, 0) is 37.0 Å². The fourth-order valence-electron chi connectivity index (χ4n) is 2.40. The van der Waals surface area contributed by atoms with Gasteiger partial charge in [0.1, 0.15) is 10.7 Å². The lowest BCUT2D eigenvalue weighted by Gasteiger charge is -2.15. The Morgan fingerprint density at radius 3 is 2.79 bits per heavy atom. The third kappa shape index (κ3) is 2.69. The van der Waals surface area contributed by atoms with Crippen LogP contribution < -0.4 is 0 Å². The number of nitrogens with zero attached hydrogens (tertiary/aromatic N) is 2. The molecule has 0 aromatic carbocycles. The van der Waals surface area contributed by atoms with Gasteiger partial charge in [-0.2, -0.15) is 0 Å². The van der Waals surface area contributed by atoms with Gasteiger partial charge in [0.15, 0.2) is 0 Å². The van der Waals surface area contributed by atoms with E-state index in [-0.39, 0.29) is 0 Å². The van der Waals surface area contributed by atoms with Crippen LogP contribution in [-0.2, 0) is 4.74 Å². The predicted molar refractivity (Wildman–Crippen MR) is 76.9 cm³/mol. The first-order valence-corrected chi connectivity index (χ1v) is 7.06. The van der Waals surface area contributed by atoms with Crippen LogP contribution in [0.5, 0.6) is 0 Å². The van der Waals surface area contributed by atoms with Crippen molar-refractivity contribution in [1.29, 1.82) is 0 Å². The van der Waals surface area contributed by atoms with Gasteiger partial charge < -0.3 is 4.74 Å². The van der Waals surface area contributed by atoms with E-state index in [1.165, 1.54) is 12.8 Å². The van der Waals surface area contributed by atoms with E-state index in [4.69, 9.17) is 27.9 Å². The number of hydrogen-bond donors (Lipinski definition) is 0. The molecule has 1 aliphatic carbocycles. The van der Waals surface area contributed by atoms with Crippen molar-refractivity contribution in [3.63, 3.8) is 0 Å². The van der Waals surface area contributed by atoms with Crippen LogP contribution in [0.2, 0.25) is 10.2 Å². The van der Waals surface area contributed by atoms with Gasteiger partial charge in [-0.25, -0.2) is 9.97 Å². The summed E-state index contributed by atoms with van der Waals surface area (Å²) in [5, 5.41) is 0.937. The molecule has 0 amide bonds. The number of fused-ring (bicyclic) bond motifs is 1. The highest BCUT2D eigenvalue weighted by Gasteiger charge is 2.33. The summed E-state index contributed by atoms with van der Waals surface area (Å²) in [6.45, 7) is 0.696. The first kappa shape index (κ1) is 13.1. The van der Waals surface area contributed by atoms with E-state index in [2.05, 4.69) is 9.97 Å². The zero-order valence-electron chi connectivity index (χ0n) is 10.6. The molecule has 1 aliphatic rings. The van der Waals surface area contributed by atoms with Gasteiger partial charge in [-0.1, -0.05) is 23.2 Å². The van der Waals surface area contributed by atoms with E-state index in [1.807, 2.05) is 12.1 Å². The molecule has 2 aromatic heterocycles. The Balaban J connectivity index is 2.04. The Kier molecular flexibility index (Phi) is 3.61. The SMILES string of the molecule is COCC(c1ccc2nc(Cl)cc(Cl)c2n1)C1CC1. The molecule has 2 heterocycles. The van der Waals surface area contributed by atoms with E-state index < -0.39 is 0 Å². The average molecular weight is 297 g/mol. The zero-order chi connectivity index (χ0) is 13.4. The summed E-state index contributed by atoms with van der Waals surface area (Å²) in [4.78, 5) is 8.89. The minimum Gasteiger partial charge on any atom is -0.384 e. The van der Waals surface area contributed by atoms with Crippen LogP contribution in [0.15, 0.2) is 18.2 Å². The van der Waals surface area contributed by atoms with Crippen molar-refractivity contribution in [1.82, 2.24) is 9.97 Å². The second kappa shape index (κ2) is 5.23. The van der Waals surface area contributed by atoms with Crippen LogP contribution in [0.4, 0.5) is 0 Å². The molecule has 2 aromatic rings. The first-order chi connectivity index (χ1) is 9.19. The molecule has 0 N–H and O–H groups in total. The number of pyridine rings is 2. The fraction of sp³-hybridized carbons (Fsp3) is 0.429. The molecular formula is C14H14Cl2N2O. The van der Waals surface area contributed by atoms with E-state index in [0.717, 1.165) is 11.2 Å². The Bertz CT molecular complexity index is 614. The van der Waals surface area contributed by atoms with Gasteiger partial charge in [-0.15, -0.1) is 0 Å². The molecule has 0 bridgehead atoms. The number of aromatic nitrogens is 2. The molecule has 1 unspecified atom stereocenters. The highest BCUT2D eigenvalue weighted by molar-refractivity contribution is 6.37. The van der Waals surface area contributed by atoms with Crippen LogP contribution >= 0.6 is 23.2 Å². The number of rotatable bonds is 4. The summed E-state index contributed by atoms with van der Waals surface area (Å²) in [5.41, 5.74) is 2.47. The second-order valence-corrected chi connectivity index (χ2v) is 5.72. The highest BCUT2D eigenvalue weighted by atomic mass is 35.5. The van der Waals surface area contributed by atoms with Gasteiger partial charge in [0.2, 0.25) is 0 Å². The minimum atomic E-state index is 0.348. The molecule has 0 aliphatic heterocycles. The van der Waals surface area contributed by atoms with Gasteiger partial charge in [-0.3, -0.25) is 0 Å². The van der Waals surface area contributed by atoms with Crippen molar-refractivity contribution in [3.8, 4) is 0 Å². The van der Waals surface area contributed by atoms with E-state index in [0.29, 0.717) is 34.1 Å². The third-order valence-electron chi connectivity index (χ3n) is 3.51. The molecule has 3 rings (SSSR count). The molecular weight excluding hydrogens is 283 g/mol. The lowest BCUT2D eigenvalue weighted by atomic mass is 10.00. The van der Waals surface area contributed by atoms with Crippen LogP contribution in [0, 0.1) is 5.92 Å². The predicted octanol–water partition coefficient (Wildman–Crippen LogP) is 4.08. The van der Waals surface area contributed by atoms with Crippen molar-refractivity contribution in [3.05, 3.63) is 34.1 Å². The number of halogens is 2. The van der Waals surface area contributed by atoms with E-state index in [1.54, 1.807) is 13.2 Å². The molecule has 0 spiro atoms. The third-order valence-corrected chi connectivity index (χ3v) is 3.99. The lowest BCUT2D eigenvalue weighted by molar-refractivity contribution is 0.170. The van der Waals surface area contributed by atoms with Crippen molar-refractivity contribution in [2.24, 2.45) is 5.92 Å². The molecule has 5 heteroatoms. The topological polar surface area (TPSA) is 35.0 Å². The first-order valence-electron chi connectivity index (χ1n) is 6.30. The van der Waals surface area contributed by atoms with Crippen LogP contribution in [0.3, 0.4) is 0 Å². The largest absolute Gasteiger partial charge is 0.384 e. The smallest absolute Gasteiger partial charge is 0.131 e. The van der Waals surface area contributed by atoms with Crippen molar-refractivity contribution in [2.75, 3.05) is 13.7 Å². The molecule has 0 radical (unpaired) electrons. The summed E-state index contributed by atoms with van der Waals surface area (Å²) in [6.07, 6.45) is 2.50. The fourth-order valence-corrected chi connectivity index (χ4v) is 2.90. The van der Waals surface area contributed by atoms with Gasteiger partial charge >= 0.3 is 0 Å². The van der Waals surface area contributed by atoms with Gasteiger partial charge in [0.05, 0.1) is 17.1 Å². The Labute approximate surface area is 121 Å². The molecule has 3 nitrogen and oxygen atoms in total. The number of ether oxygens (including phenoxy) is 1. The van der Waals surface area contributed by atoms with E-state index >= 15 is 0 Å². The van der Waals surface area contributed by atoms with Gasteiger partial charge in [0.25, 0.3) is 0 Å². The maximum Gasteiger partial charge on any atom is 0.131 e. The monoisotopic (exact) mass is 296 g/mol. The van der Waals surface area contributed by atoms with E-state index in [9.17, 15) is 0 Å². The maximum absolute atomic E-state index is 6.19. The Hall–Kier alpha value is -0.900. The zero-order valence-corrected chi connectivity index (χ0v) is 12.1. The van der Waals surface area contributed by atoms with Crippen LogP contribution in [0.1, 0.15) is 24.5 Å². The van der Waals surface area contributed by atoms with Gasteiger partial charge in [0, 0.05) is 18.7 Å². The van der Waals surface area contributed by atoms with Crippen molar-refractivity contribution in [2.45, 2.75) is 18.8 Å². The summed E-state index contributed by atoms with van der Waals surface area (Å²) in [5.74, 6) is 1.03. The minimum absolute atomic E-state index is 0.348. The summed E-state index contributed by atoms with van der Waals surface area (Å²) in [6, 6.07) is 5.56. The Morgan fingerprint density at radius 2 is 2.11 bits per heavy atom. The molecule has 1 saturated carbocycles. The van der Waals surface area contributed by atoms with Crippen LogP contribution in [-0.4, -0.2) is 23.7 Å². The van der Waals surface area contributed by atoms with Crippen LogP contribution in [0.25, 0.3) is 11.0 Å². The summed E-state index contributed by atoms with van der Waals surface area (Å²) >= 11 is 12.1. The summed E-state index contributed by atoms with van der Waals surface area (Å²) < 4.78 is 5.31. The molecule has 1 atom stereocenters. The second-order valence-electron chi connectivity index (χ2n) is 4.93. The molecule has 1 fully saturated rings. The highest BCUT2D eigenvalue weighted by Crippen LogP contribution is 2.42. The normalized spacial score (nSPS) is 16.8. The number of methoxy groups -OCH3 is 1. The number of hydrogen-bond acceptors (Lipinski definition) is 3. The quantitative estimate of drug-likeness (QED) is 0.798. The molecule has 100 valence electrons. The maximum atomic E-state index is 6.19.